The predicted molar refractivity (Wildman–Crippen MR) is 143 cm³/mol. The molecule has 0 bridgehead atoms. The third-order valence-corrected chi connectivity index (χ3v) is 6.81. The minimum absolute atomic E-state index is 0.180. The Bertz CT molecular complexity index is 1640. The van der Waals surface area contributed by atoms with E-state index < -0.39 is 17.7 Å². The van der Waals surface area contributed by atoms with Gasteiger partial charge in [-0.15, -0.1) is 13.2 Å². The molecule has 0 radical (unpaired) electrons. The van der Waals surface area contributed by atoms with Crippen molar-refractivity contribution in [3.05, 3.63) is 63.3 Å². The van der Waals surface area contributed by atoms with E-state index in [4.69, 9.17) is 21.4 Å². The molecule has 0 unspecified atom stereocenters. The van der Waals surface area contributed by atoms with Gasteiger partial charge < -0.3 is 19.4 Å². The first-order valence-corrected chi connectivity index (χ1v) is 13.1. The van der Waals surface area contributed by atoms with Crippen molar-refractivity contribution in [3.8, 4) is 5.75 Å². The summed E-state index contributed by atoms with van der Waals surface area (Å²) in [5.41, 5.74) is 0.406. The number of carbonyl (C=O) groups excluding carboxylic acids is 1. The van der Waals surface area contributed by atoms with Gasteiger partial charge in [0.2, 0.25) is 0 Å². The zero-order chi connectivity index (χ0) is 28.8. The lowest BCUT2D eigenvalue weighted by Crippen LogP contribution is -2.43. The summed E-state index contributed by atoms with van der Waals surface area (Å²) < 4.78 is 49.2. The molecular formula is C27H27ClF3N5O4. The zero-order valence-corrected chi connectivity index (χ0v) is 22.8. The molecule has 13 heteroatoms. The van der Waals surface area contributed by atoms with Crippen molar-refractivity contribution in [2.45, 2.75) is 58.0 Å². The second-order valence-electron chi connectivity index (χ2n) is 10.6. The molecule has 5 rings (SSSR count). The fourth-order valence-electron chi connectivity index (χ4n) is 4.78. The summed E-state index contributed by atoms with van der Waals surface area (Å²) >= 11 is 5.99. The summed E-state index contributed by atoms with van der Waals surface area (Å²) in [5.74, 6) is -0.118. The fourth-order valence-corrected chi connectivity index (χ4v) is 4.98. The number of aromatic amines is 1. The largest absolute Gasteiger partial charge is 0.573 e. The minimum Gasteiger partial charge on any atom is -0.444 e. The van der Waals surface area contributed by atoms with E-state index in [1.54, 1.807) is 29.2 Å². The molecule has 1 aliphatic heterocycles. The van der Waals surface area contributed by atoms with Crippen LogP contribution in [0, 0.1) is 0 Å². The summed E-state index contributed by atoms with van der Waals surface area (Å²) in [6.45, 7) is 6.27. The van der Waals surface area contributed by atoms with Crippen LogP contribution in [0.1, 0.15) is 51.2 Å². The molecule has 0 spiro atoms. The monoisotopic (exact) mass is 577 g/mol. The summed E-state index contributed by atoms with van der Waals surface area (Å²) in [6, 6.07) is 9.31. The second kappa shape index (κ2) is 10.3. The molecule has 9 nitrogen and oxygen atoms in total. The van der Waals surface area contributed by atoms with E-state index in [-0.39, 0.29) is 34.7 Å². The number of piperidine rings is 1. The lowest BCUT2D eigenvalue weighted by atomic mass is 10.0. The number of ether oxygens (including phenoxy) is 2. The van der Waals surface area contributed by atoms with Gasteiger partial charge in [0, 0.05) is 24.5 Å². The molecular weight excluding hydrogens is 551 g/mol. The zero-order valence-electron chi connectivity index (χ0n) is 22.0. The molecule has 0 saturated carbocycles. The van der Waals surface area contributed by atoms with Gasteiger partial charge in [0.15, 0.2) is 0 Å². The Morgan fingerprint density at radius 3 is 2.45 bits per heavy atom. The number of imidazole rings is 1. The van der Waals surface area contributed by atoms with Crippen LogP contribution >= 0.6 is 11.6 Å². The molecule has 1 aliphatic rings. The summed E-state index contributed by atoms with van der Waals surface area (Å²) in [5, 5.41) is 5.64. The van der Waals surface area contributed by atoms with Crippen molar-refractivity contribution >= 4 is 39.5 Å². The third-order valence-electron chi connectivity index (χ3n) is 6.51. The first kappa shape index (κ1) is 27.8. The number of hydrogen-bond donors (Lipinski definition) is 1. The van der Waals surface area contributed by atoms with Crippen LogP contribution in [-0.2, 0) is 11.2 Å². The number of H-pyrrole nitrogens is 1. The van der Waals surface area contributed by atoms with E-state index in [0.717, 1.165) is 6.07 Å². The highest BCUT2D eigenvalue weighted by Crippen LogP contribution is 2.33. The van der Waals surface area contributed by atoms with Crippen LogP contribution in [-0.4, -0.2) is 55.8 Å². The van der Waals surface area contributed by atoms with Gasteiger partial charge in [0.25, 0.3) is 5.56 Å². The number of likely N-dealkylation sites (tertiary alicyclic amines) is 1. The average molecular weight is 578 g/mol. The van der Waals surface area contributed by atoms with Gasteiger partial charge in [-0.25, -0.2) is 14.5 Å². The maximum atomic E-state index is 13.4. The van der Waals surface area contributed by atoms with E-state index in [2.05, 4.69) is 14.7 Å². The normalized spacial score (nSPS) is 15.1. The molecule has 1 fully saturated rings. The summed E-state index contributed by atoms with van der Waals surface area (Å²) in [4.78, 5) is 35.0. The highest BCUT2D eigenvalue weighted by atomic mass is 35.5. The Kier molecular flexibility index (Phi) is 7.15. The van der Waals surface area contributed by atoms with Crippen LogP contribution < -0.4 is 10.3 Å². The van der Waals surface area contributed by atoms with Crippen molar-refractivity contribution in [1.29, 1.82) is 0 Å². The third kappa shape index (κ3) is 6.01. The number of nitrogens with one attached hydrogen (secondary N) is 1. The van der Waals surface area contributed by atoms with Crippen molar-refractivity contribution < 1.29 is 27.4 Å². The van der Waals surface area contributed by atoms with Gasteiger partial charge in [-0.1, -0.05) is 29.8 Å². The van der Waals surface area contributed by atoms with Crippen LogP contribution in [0.25, 0.3) is 21.8 Å². The van der Waals surface area contributed by atoms with E-state index in [9.17, 15) is 22.8 Å². The van der Waals surface area contributed by atoms with E-state index >= 15 is 0 Å². The molecule has 0 atom stereocenters. The number of benzene rings is 2. The first-order valence-electron chi connectivity index (χ1n) is 12.7. The maximum absolute atomic E-state index is 13.4. The summed E-state index contributed by atoms with van der Waals surface area (Å²) in [7, 11) is 0. The van der Waals surface area contributed by atoms with Crippen LogP contribution in [0.5, 0.6) is 5.75 Å². The maximum Gasteiger partial charge on any atom is 0.573 e. The number of hydrogen-bond acceptors (Lipinski definition) is 6. The van der Waals surface area contributed by atoms with Crippen LogP contribution in [0.4, 0.5) is 18.0 Å². The lowest BCUT2D eigenvalue weighted by Gasteiger charge is -2.33. The lowest BCUT2D eigenvalue weighted by molar-refractivity contribution is -0.274. The molecule has 1 saturated heterocycles. The molecule has 1 amide bonds. The molecule has 40 heavy (non-hydrogen) atoms. The van der Waals surface area contributed by atoms with Crippen molar-refractivity contribution in [1.82, 2.24) is 24.6 Å². The predicted octanol–water partition coefficient (Wildman–Crippen LogP) is 5.99. The topological polar surface area (TPSA) is 102 Å². The molecule has 2 aromatic heterocycles. The van der Waals surface area contributed by atoms with Gasteiger partial charge in [-0.05, 0) is 45.7 Å². The van der Waals surface area contributed by atoms with E-state index in [1.165, 1.54) is 10.7 Å². The first-order chi connectivity index (χ1) is 18.8. The number of amides is 1. The number of halogens is 4. The standard InChI is InChI=1S/C27H27ClF3N5O4/c1-26(2,3)40-25(38)35-10-8-15(9-11-35)36-24(37)17-7-5-4-6-16(17)19(34-36)14-23-32-20-12-18(28)22(13-21(20)33-23)39-27(29,30)31/h4-7,12-13,15H,8-11,14H2,1-3H3,(H,32,33). The van der Waals surface area contributed by atoms with E-state index in [0.29, 0.717) is 53.7 Å². The SMILES string of the molecule is CC(C)(C)OC(=O)N1CCC(n2nc(Cc3nc4cc(OC(F)(F)F)c(Cl)cc4[nH]3)c3ccccc3c2=O)CC1. The van der Waals surface area contributed by atoms with Crippen LogP contribution in [0.3, 0.4) is 0 Å². The smallest absolute Gasteiger partial charge is 0.444 e. The van der Waals surface area contributed by atoms with Crippen molar-refractivity contribution in [2.24, 2.45) is 0 Å². The Hall–Kier alpha value is -3.80. The Morgan fingerprint density at radius 2 is 1.80 bits per heavy atom. The van der Waals surface area contributed by atoms with Gasteiger partial charge in [0.05, 0.1) is 39.6 Å². The number of aromatic nitrogens is 4. The minimum atomic E-state index is -4.89. The number of fused-ring (bicyclic) bond motifs is 2. The van der Waals surface area contributed by atoms with Crippen LogP contribution in [0.2, 0.25) is 5.02 Å². The number of nitrogens with zero attached hydrogens (tertiary/aromatic N) is 4. The number of carbonyl (C=O) groups is 1. The van der Waals surface area contributed by atoms with Gasteiger partial charge in [0.1, 0.15) is 17.2 Å². The van der Waals surface area contributed by atoms with Crippen molar-refractivity contribution in [2.75, 3.05) is 13.1 Å². The van der Waals surface area contributed by atoms with Gasteiger partial charge in [-0.2, -0.15) is 5.10 Å². The molecule has 4 aromatic rings. The quantitative estimate of drug-likeness (QED) is 0.320. The van der Waals surface area contributed by atoms with E-state index in [1.807, 2.05) is 20.8 Å². The Labute approximate surface area is 231 Å². The molecule has 2 aromatic carbocycles. The molecule has 3 heterocycles. The van der Waals surface area contributed by atoms with Crippen molar-refractivity contribution in [3.63, 3.8) is 0 Å². The molecule has 212 valence electrons. The Balaban J connectivity index is 1.44. The second-order valence-corrected chi connectivity index (χ2v) is 11.1. The Morgan fingerprint density at radius 1 is 1.12 bits per heavy atom. The average Bonchev–Trinajstić information content (AvgIpc) is 3.25. The highest BCUT2D eigenvalue weighted by molar-refractivity contribution is 6.32. The van der Waals surface area contributed by atoms with Gasteiger partial charge >= 0.3 is 12.5 Å². The van der Waals surface area contributed by atoms with Gasteiger partial charge in [-0.3, -0.25) is 4.79 Å². The van der Waals surface area contributed by atoms with Crippen LogP contribution in [0.15, 0.2) is 41.2 Å². The highest BCUT2D eigenvalue weighted by Gasteiger charge is 2.32. The number of rotatable bonds is 4. The summed E-state index contributed by atoms with van der Waals surface area (Å²) in [6.07, 6.45) is -4.06. The molecule has 1 N–H and O–H groups in total. The number of alkyl halides is 3. The fraction of sp³-hybridized carbons (Fsp3) is 0.407. The molecule has 0 aliphatic carbocycles.